The highest BCUT2D eigenvalue weighted by Gasteiger charge is 2.13. The summed E-state index contributed by atoms with van der Waals surface area (Å²) in [5, 5.41) is 0. The highest BCUT2D eigenvalue weighted by atomic mass is 79.9. The van der Waals surface area contributed by atoms with Crippen LogP contribution in [0.5, 0.6) is 0 Å². The van der Waals surface area contributed by atoms with Crippen LogP contribution in [0, 0.1) is 0 Å². The molecule has 82 valence electrons. The van der Waals surface area contributed by atoms with E-state index in [2.05, 4.69) is 36.8 Å². The fourth-order valence-electron chi connectivity index (χ4n) is 1.28. The van der Waals surface area contributed by atoms with Gasteiger partial charge in [0.1, 0.15) is 9.21 Å². The Bertz CT molecular complexity index is 344. The zero-order valence-corrected chi connectivity index (χ0v) is 11.8. The van der Waals surface area contributed by atoms with Crippen LogP contribution in [0.2, 0.25) is 0 Å². The molecule has 0 aliphatic rings. The number of nitrogens with zero attached hydrogens (tertiary/aromatic N) is 2. The third-order valence-corrected chi connectivity index (χ3v) is 2.87. The minimum absolute atomic E-state index is 0.0313. The van der Waals surface area contributed by atoms with Gasteiger partial charge < -0.3 is 4.90 Å². The molecule has 0 bridgehead atoms. The van der Waals surface area contributed by atoms with Gasteiger partial charge in [0.25, 0.3) is 5.91 Å². The molecule has 0 saturated heterocycles. The van der Waals surface area contributed by atoms with E-state index in [1.165, 1.54) is 0 Å². The Morgan fingerprint density at radius 2 is 1.73 bits per heavy atom. The van der Waals surface area contributed by atoms with Crippen molar-refractivity contribution >= 4 is 37.8 Å². The number of hydrogen-bond donors (Lipinski definition) is 0. The molecular formula is C10H12Br2N2O. The lowest BCUT2D eigenvalue weighted by atomic mass is 10.2. The molecule has 1 rings (SSSR count). The molecule has 0 spiro atoms. The van der Waals surface area contributed by atoms with Crippen molar-refractivity contribution in [3.05, 3.63) is 26.9 Å². The molecule has 3 nitrogen and oxygen atoms in total. The van der Waals surface area contributed by atoms with Crippen LogP contribution in [-0.4, -0.2) is 28.9 Å². The smallest absolute Gasteiger partial charge is 0.254 e. The Morgan fingerprint density at radius 3 is 2.13 bits per heavy atom. The van der Waals surface area contributed by atoms with E-state index >= 15 is 0 Å². The number of rotatable bonds is 3. The van der Waals surface area contributed by atoms with E-state index in [-0.39, 0.29) is 5.91 Å². The molecule has 0 fully saturated rings. The topological polar surface area (TPSA) is 33.2 Å². The first-order valence-electron chi connectivity index (χ1n) is 4.70. The monoisotopic (exact) mass is 334 g/mol. The SMILES string of the molecule is CCN(CC)C(=O)c1cc(Br)nc(Br)c1. The maximum absolute atomic E-state index is 12.0. The average molecular weight is 336 g/mol. The molecule has 0 saturated carbocycles. The summed E-state index contributed by atoms with van der Waals surface area (Å²) < 4.78 is 1.32. The first kappa shape index (κ1) is 12.6. The summed E-state index contributed by atoms with van der Waals surface area (Å²) in [6, 6.07) is 3.46. The number of halogens is 2. The predicted molar refractivity (Wildman–Crippen MR) is 66.9 cm³/mol. The fraction of sp³-hybridized carbons (Fsp3) is 0.400. The van der Waals surface area contributed by atoms with Crippen LogP contribution in [-0.2, 0) is 0 Å². The molecule has 0 N–H and O–H groups in total. The molecule has 0 radical (unpaired) electrons. The van der Waals surface area contributed by atoms with Crippen LogP contribution in [0.1, 0.15) is 24.2 Å². The summed E-state index contributed by atoms with van der Waals surface area (Å²) in [5.74, 6) is 0.0313. The van der Waals surface area contributed by atoms with Crippen LogP contribution in [0.25, 0.3) is 0 Å². The molecular weight excluding hydrogens is 324 g/mol. The second kappa shape index (κ2) is 5.61. The van der Waals surface area contributed by atoms with Gasteiger partial charge in [-0.15, -0.1) is 0 Å². The van der Waals surface area contributed by atoms with E-state index in [1.54, 1.807) is 17.0 Å². The van der Waals surface area contributed by atoms with Crippen molar-refractivity contribution in [1.29, 1.82) is 0 Å². The maximum Gasteiger partial charge on any atom is 0.254 e. The van der Waals surface area contributed by atoms with Crippen molar-refractivity contribution < 1.29 is 4.79 Å². The Morgan fingerprint density at radius 1 is 1.27 bits per heavy atom. The summed E-state index contributed by atoms with van der Waals surface area (Å²) in [6.07, 6.45) is 0. The Balaban J connectivity index is 3.00. The van der Waals surface area contributed by atoms with Crippen molar-refractivity contribution in [2.45, 2.75) is 13.8 Å². The van der Waals surface area contributed by atoms with Gasteiger partial charge in [-0.1, -0.05) is 0 Å². The van der Waals surface area contributed by atoms with Gasteiger partial charge in [-0.05, 0) is 57.8 Å². The average Bonchev–Trinajstić information content (AvgIpc) is 2.18. The first-order valence-corrected chi connectivity index (χ1v) is 6.29. The van der Waals surface area contributed by atoms with E-state index in [0.29, 0.717) is 27.9 Å². The minimum atomic E-state index is 0.0313. The molecule has 0 unspecified atom stereocenters. The second-order valence-corrected chi connectivity index (χ2v) is 4.60. The molecule has 0 aliphatic heterocycles. The lowest BCUT2D eigenvalue weighted by molar-refractivity contribution is 0.0772. The van der Waals surface area contributed by atoms with Crippen LogP contribution in [0.3, 0.4) is 0 Å². The van der Waals surface area contributed by atoms with Gasteiger partial charge in [-0.3, -0.25) is 4.79 Å². The normalized spacial score (nSPS) is 10.1. The van der Waals surface area contributed by atoms with Crippen LogP contribution in [0.4, 0.5) is 0 Å². The molecule has 15 heavy (non-hydrogen) atoms. The molecule has 1 aromatic heterocycles. The minimum Gasteiger partial charge on any atom is -0.339 e. The van der Waals surface area contributed by atoms with Crippen molar-refractivity contribution in [2.75, 3.05) is 13.1 Å². The number of aromatic nitrogens is 1. The van der Waals surface area contributed by atoms with E-state index in [9.17, 15) is 4.79 Å². The molecule has 0 aliphatic carbocycles. The Labute approximate surface area is 106 Å². The molecule has 1 amide bonds. The highest BCUT2D eigenvalue weighted by Crippen LogP contribution is 2.17. The van der Waals surface area contributed by atoms with Crippen molar-refractivity contribution in [3.8, 4) is 0 Å². The van der Waals surface area contributed by atoms with Crippen molar-refractivity contribution in [3.63, 3.8) is 0 Å². The van der Waals surface area contributed by atoms with Gasteiger partial charge in [0.2, 0.25) is 0 Å². The van der Waals surface area contributed by atoms with Gasteiger partial charge in [0.15, 0.2) is 0 Å². The summed E-state index contributed by atoms with van der Waals surface area (Å²) in [5.41, 5.74) is 0.646. The first-order chi connectivity index (χ1) is 7.08. The quantitative estimate of drug-likeness (QED) is 0.795. The van der Waals surface area contributed by atoms with Crippen molar-refractivity contribution in [2.24, 2.45) is 0 Å². The third kappa shape index (κ3) is 3.28. The van der Waals surface area contributed by atoms with Gasteiger partial charge in [0, 0.05) is 18.7 Å². The molecule has 1 heterocycles. The van der Waals surface area contributed by atoms with Crippen LogP contribution >= 0.6 is 31.9 Å². The number of amides is 1. The summed E-state index contributed by atoms with van der Waals surface area (Å²) in [4.78, 5) is 17.8. The summed E-state index contributed by atoms with van der Waals surface area (Å²) >= 11 is 6.52. The largest absolute Gasteiger partial charge is 0.339 e. The van der Waals surface area contributed by atoms with Gasteiger partial charge in [-0.2, -0.15) is 0 Å². The fourth-order valence-corrected chi connectivity index (χ4v) is 2.40. The van der Waals surface area contributed by atoms with Crippen molar-refractivity contribution in [1.82, 2.24) is 9.88 Å². The zero-order chi connectivity index (χ0) is 11.4. The molecule has 1 aromatic rings. The number of carbonyl (C=O) groups is 1. The van der Waals surface area contributed by atoms with E-state index in [1.807, 2.05) is 13.8 Å². The third-order valence-electron chi connectivity index (χ3n) is 2.06. The number of pyridine rings is 1. The number of hydrogen-bond acceptors (Lipinski definition) is 2. The lowest BCUT2D eigenvalue weighted by Gasteiger charge is -2.18. The predicted octanol–water partition coefficient (Wildman–Crippen LogP) is 3.09. The molecule has 5 heteroatoms. The van der Waals surface area contributed by atoms with E-state index < -0.39 is 0 Å². The van der Waals surface area contributed by atoms with E-state index in [0.717, 1.165) is 0 Å². The van der Waals surface area contributed by atoms with Gasteiger partial charge in [-0.25, -0.2) is 4.98 Å². The Hall–Kier alpha value is -0.420. The second-order valence-electron chi connectivity index (χ2n) is 2.98. The van der Waals surface area contributed by atoms with Crippen LogP contribution in [0.15, 0.2) is 21.3 Å². The summed E-state index contributed by atoms with van der Waals surface area (Å²) in [7, 11) is 0. The molecule has 0 atom stereocenters. The zero-order valence-electron chi connectivity index (χ0n) is 8.63. The maximum atomic E-state index is 12.0. The highest BCUT2D eigenvalue weighted by molar-refractivity contribution is 9.11. The van der Waals surface area contributed by atoms with E-state index in [4.69, 9.17) is 0 Å². The standard InChI is InChI=1S/C10H12Br2N2O/c1-3-14(4-2)10(15)7-5-8(11)13-9(12)6-7/h5-6H,3-4H2,1-2H3. The number of carbonyl (C=O) groups excluding carboxylic acids is 1. The van der Waals surface area contributed by atoms with Crippen LogP contribution < -0.4 is 0 Å². The lowest BCUT2D eigenvalue weighted by Crippen LogP contribution is -2.30. The molecule has 0 aromatic carbocycles. The van der Waals surface area contributed by atoms with Gasteiger partial charge >= 0.3 is 0 Å². The summed E-state index contributed by atoms with van der Waals surface area (Å²) in [6.45, 7) is 5.36. The Kier molecular flexibility index (Phi) is 4.73. The van der Waals surface area contributed by atoms with Gasteiger partial charge in [0.05, 0.1) is 0 Å².